The predicted octanol–water partition coefficient (Wildman–Crippen LogP) is 3.80. The quantitative estimate of drug-likeness (QED) is 0.447. The van der Waals surface area contributed by atoms with E-state index in [1.54, 1.807) is 17.4 Å². The van der Waals surface area contributed by atoms with E-state index in [4.69, 9.17) is 10.00 Å². The van der Waals surface area contributed by atoms with E-state index >= 15 is 0 Å². The second-order valence-corrected chi connectivity index (χ2v) is 10.5. The highest BCUT2D eigenvalue weighted by Gasteiger charge is 2.32. The van der Waals surface area contributed by atoms with E-state index in [1.165, 1.54) is 11.3 Å². The van der Waals surface area contributed by atoms with E-state index in [9.17, 15) is 4.79 Å². The molecule has 0 saturated carbocycles. The molecule has 3 aromatic rings. The van der Waals surface area contributed by atoms with Crippen LogP contribution in [-0.4, -0.2) is 61.8 Å². The van der Waals surface area contributed by atoms with Crippen LogP contribution in [0.2, 0.25) is 0 Å². The lowest BCUT2D eigenvalue weighted by Crippen LogP contribution is -2.54. The first-order valence-corrected chi connectivity index (χ1v) is 11.7. The maximum Gasteiger partial charge on any atom is 0.410 e. The molecule has 0 aliphatic carbocycles. The van der Waals surface area contributed by atoms with Crippen molar-refractivity contribution >= 4 is 56.9 Å². The predicted molar refractivity (Wildman–Crippen MR) is 127 cm³/mol. The normalized spacial score (nSPS) is 17.1. The van der Waals surface area contributed by atoms with Crippen molar-refractivity contribution in [3.63, 3.8) is 0 Å². The van der Waals surface area contributed by atoms with E-state index in [1.807, 2.05) is 31.5 Å². The molecular formula is C20H22IN7O2S. The van der Waals surface area contributed by atoms with Crippen molar-refractivity contribution in [3.05, 3.63) is 27.2 Å². The number of hydrogen-bond acceptors (Lipinski definition) is 8. The van der Waals surface area contributed by atoms with Crippen LogP contribution in [0.1, 0.15) is 32.6 Å². The first kappa shape index (κ1) is 21.8. The number of halogens is 1. The van der Waals surface area contributed by atoms with Crippen LogP contribution in [0.3, 0.4) is 0 Å². The Labute approximate surface area is 197 Å². The Morgan fingerprint density at radius 2 is 2.10 bits per heavy atom. The fraction of sp³-hybridized carbons (Fsp3) is 0.450. The molecule has 162 valence electrons. The highest BCUT2D eigenvalue weighted by Crippen LogP contribution is 2.33. The first-order valence-electron chi connectivity index (χ1n) is 9.80. The van der Waals surface area contributed by atoms with Gasteiger partial charge in [0.05, 0.1) is 11.6 Å². The number of rotatable bonds is 2. The zero-order valence-electron chi connectivity index (χ0n) is 17.7. The number of carbonyl (C=O) groups excluding carboxylic acids is 1. The molecule has 31 heavy (non-hydrogen) atoms. The number of nitriles is 1. The Bertz CT molecular complexity index is 1180. The molecule has 0 aromatic carbocycles. The van der Waals surface area contributed by atoms with Gasteiger partial charge in [-0.05, 0) is 50.3 Å². The number of fused-ring (bicyclic) bond motifs is 1. The van der Waals surface area contributed by atoms with Crippen LogP contribution in [0.15, 0.2) is 18.7 Å². The molecule has 1 amide bonds. The summed E-state index contributed by atoms with van der Waals surface area (Å²) in [7, 11) is 0. The van der Waals surface area contributed by atoms with Crippen molar-refractivity contribution in [2.75, 3.05) is 24.5 Å². The zero-order valence-corrected chi connectivity index (χ0v) is 20.6. The molecule has 4 rings (SSSR count). The number of nitrogens with zero attached hydrogens (tertiary/aromatic N) is 7. The van der Waals surface area contributed by atoms with Gasteiger partial charge in [-0.2, -0.15) is 5.26 Å². The lowest BCUT2D eigenvalue weighted by atomic mass is 10.1. The highest BCUT2D eigenvalue weighted by molar-refractivity contribution is 14.1. The van der Waals surface area contributed by atoms with Crippen molar-refractivity contribution < 1.29 is 9.53 Å². The molecule has 4 heterocycles. The van der Waals surface area contributed by atoms with E-state index in [-0.39, 0.29) is 12.1 Å². The molecule has 9 nitrogen and oxygen atoms in total. The summed E-state index contributed by atoms with van der Waals surface area (Å²) in [4.78, 5) is 30.4. The molecule has 3 aromatic heterocycles. The molecule has 1 saturated heterocycles. The summed E-state index contributed by atoms with van der Waals surface area (Å²) in [6, 6.07) is 2.18. The van der Waals surface area contributed by atoms with Gasteiger partial charge in [0, 0.05) is 35.4 Å². The van der Waals surface area contributed by atoms with Gasteiger partial charge in [-0.15, -0.1) is 0 Å². The van der Waals surface area contributed by atoms with Crippen LogP contribution in [0.4, 0.5) is 10.6 Å². The third-order valence-electron chi connectivity index (χ3n) is 4.88. The largest absolute Gasteiger partial charge is 0.444 e. The maximum atomic E-state index is 12.5. The van der Waals surface area contributed by atoms with E-state index < -0.39 is 5.60 Å². The molecule has 11 heteroatoms. The van der Waals surface area contributed by atoms with Gasteiger partial charge in [0.1, 0.15) is 28.7 Å². The SMILES string of the molecule is CC1CN(C(=O)OC(C)(C)C)CCN1c1ncnc2c1c(I)cn2-c1ncc(C#N)s1. The summed E-state index contributed by atoms with van der Waals surface area (Å²) in [5.41, 5.74) is 0.228. The number of aromatic nitrogens is 4. The van der Waals surface area contributed by atoms with Crippen molar-refractivity contribution in [1.29, 1.82) is 5.26 Å². The number of ether oxygens (including phenoxy) is 1. The Hall–Kier alpha value is -2.46. The highest BCUT2D eigenvalue weighted by atomic mass is 127. The Kier molecular flexibility index (Phi) is 5.78. The zero-order chi connectivity index (χ0) is 22.3. The van der Waals surface area contributed by atoms with Crippen LogP contribution < -0.4 is 4.90 Å². The lowest BCUT2D eigenvalue weighted by molar-refractivity contribution is 0.0218. The van der Waals surface area contributed by atoms with Gasteiger partial charge in [-0.25, -0.2) is 19.7 Å². The molecule has 1 atom stereocenters. The van der Waals surface area contributed by atoms with Gasteiger partial charge in [-0.3, -0.25) is 4.57 Å². The second kappa shape index (κ2) is 8.23. The summed E-state index contributed by atoms with van der Waals surface area (Å²) in [5, 5.41) is 10.8. The van der Waals surface area contributed by atoms with Gasteiger partial charge in [0.15, 0.2) is 10.8 Å². The molecule has 1 unspecified atom stereocenters. The summed E-state index contributed by atoms with van der Waals surface area (Å²) in [6.45, 7) is 9.44. The molecule has 1 aliphatic rings. The van der Waals surface area contributed by atoms with Gasteiger partial charge < -0.3 is 14.5 Å². The average molecular weight is 551 g/mol. The Morgan fingerprint density at radius 3 is 2.74 bits per heavy atom. The molecule has 0 radical (unpaired) electrons. The van der Waals surface area contributed by atoms with Crippen molar-refractivity contribution in [1.82, 2.24) is 24.4 Å². The van der Waals surface area contributed by atoms with Crippen LogP contribution >= 0.6 is 33.9 Å². The lowest BCUT2D eigenvalue weighted by Gasteiger charge is -2.41. The Balaban J connectivity index is 1.64. The van der Waals surface area contributed by atoms with Crippen LogP contribution in [0.5, 0.6) is 0 Å². The van der Waals surface area contributed by atoms with Gasteiger partial charge in [0.25, 0.3) is 0 Å². The monoisotopic (exact) mass is 551 g/mol. The van der Waals surface area contributed by atoms with E-state index in [2.05, 4.69) is 55.4 Å². The number of anilines is 1. The number of amides is 1. The molecule has 1 fully saturated rings. The summed E-state index contributed by atoms with van der Waals surface area (Å²) >= 11 is 3.60. The molecule has 1 aliphatic heterocycles. The first-order chi connectivity index (χ1) is 14.7. The third-order valence-corrected chi connectivity index (χ3v) is 6.60. The van der Waals surface area contributed by atoms with Crippen molar-refractivity contribution in [2.24, 2.45) is 0 Å². The maximum absolute atomic E-state index is 12.5. The minimum Gasteiger partial charge on any atom is -0.444 e. The molecule has 0 N–H and O–H groups in total. The molecular weight excluding hydrogens is 529 g/mol. The molecule has 0 bridgehead atoms. The summed E-state index contributed by atoms with van der Waals surface area (Å²) in [6.07, 6.45) is 4.80. The summed E-state index contributed by atoms with van der Waals surface area (Å²) < 4.78 is 8.43. The topological polar surface area (TPSA) is 100 Å². The minimum atomic E-state index is -0.517. The summed E-state index contributed by atoms with van der Waals surface area (Å²) in [5.74, 6) is 0.835. The smallest absolute Gasteiger partial charge is 0.410 e. The van der Waals surface area contributed by atoms with Crippen LogP contribution in [0, 0.1) is 14.9 Å². The van der Waals surface area contributed by atoms with Gasteiger partial charge >= 0.3 is 6.09 Å². The standard InChI is InChI=1S/C20H22IN7O2S/c1-12-9-26(19(29)30-20(2,3)4)5-6-27(12)16-15-14(21)10-28(17(15)25-11-24-16)18-23-8-13(7-22)31-18/h8,10-12H,5-6,9H2,1-4H3. The van der Waals surface area contributed by atoms with Gasteiger partial charge in [0.2, 0.25) is 0 Å². The number of piperazine rings is 1. The molecule has 0 spiro atoms. The fourth-order valence-electron chi connectivity index (χ4n) is 3.56. The van der Waals surface area contributed by atoms with E-state index in [0.29, 0.717) is 29.6 Å². The van der Waals surface area contributed by atoms with Crippen LogP contribution in [0.25, 0.3) is 16.2 Å². The average Bonchev–Trinajstić information content (AvgIpc) is 3.31. The second-order valence-electron chi connectivity index (χ2n) is 8.33. The van der Waals surface area contributed by atoms with Crippen LogP contribution in [-0.2, 0) is 4.74 Å². The number of thiazole rings is 1. The van der Waals surface area contributed by atoms with E-state index in [0.717, 1.165) is 20.4 Å². The van der Waals surface area contributed by atoms with Crippen molar-refractivity contribution in [2.45, 2.75) is 39.3 Å². The number of carbonyl (C=O) groups is 1. The van der Waals surface area contributed by atoms with Gasteiger partial charge in [-0.1, -0.05) is 11.3 Å². The Morgan fingerprint density at radius 1 is 1.32 bits per heavy atom. The fourth-order valence-corrected chi connectivity index (χ4v) is 5.01. The number of hydrogen-bond donors (Lipinski definition) is 0. The van der Waals surface area contributed by atoms with Crippen molar-refractivity contribution in [3.8, 4) is 11.2 Å². The third kappa shape index (κ3) is 4.31. The minimum absolute atomic E-state index is 0.0589.